The molecule has 23 heavy (non-hydrogen) atoms. The van der Waals surface area contributed by atoms with Crippen LogP contribution >= 0.6 is 0 Å². The van der Waals surface area contributed by atoms with Gasteiger partial charge in [0.25, 0.3) is 0 Å². The first-order valence-corrected chi connectivity index (χ1v) is 10.6. The van der Waals surface area contributed by atoms with Gasteiger partial charge in [-0.3, -0.25) is 0 Å². The summed E-state index contributed by atoms with van der Waals surface area (Å²) < 4.78 is 0. The molecule has 0 amide bonds. The third kappa shape index (κ3) is 606. The molecule has 0 aromatic heterocycles. The molecule has 0 aliphatic rings. The first-order chi connectivity index (χ1) is 11.1. The van der Waals surface area contributed by atoms with Crippen molar-refractivity contribution in [2.24, 2.45) is 5.92 Å². The van der Waals surface area contributed by atoms with Crippen molar-refractivity contribution in [3.63, 3.8) is 0 Å². The molecule has 0 heterocycles. The number of hydrogen-bond acceptors (Lipinski definition) is 0. The summed E-state index contributed by atoms with van der Waals surface area (Å²) in [6, 6.07) is 0. The molecule has 0 aromatic rings. The van der Waals surface area contributed by atoms with E-state index in [4.69, 9.17) is 0 Å². The van der Waals surface area contributed by atoms with Crippen molar-refractivity contribution < 1.29 is 0 Å². The highest BCUT2D eigenvalue weighted by atomic mass is 13.9. The lowest BCUT2D eigenvalue weighted by Crippen LogP contribution is -1.81. The summed E-state index contributed by atoms with van der Waals surface area (Å²) in [5, 5.41) is 0. The second-order valence-corrected chi connectivity index (χ2v) is 3.89. The summed E-state index contributed by atoms with van der Waals surface area (Å²) >= 11 is 0. The molecule has 0 nitrogen and oxygen atoms in total. The fourth-order valence-corrected chi connectivity index (χ4v) is 0.577. The third-order valence-electron chi connectivity index (χ3n) is 1.37. The van der Waals surface area contributed by atoms with E-state index in [-0.39, 0.29) is 0 Å². The topological polar surface area (TPSA) is 0 Å². The highest BCUT2D eigenvalue weighted by molar-refractivity contribution is 4.38. The molecule has 0 bridgehead atoms. The highest BCUT2D eigenvalue weighted by Gasteiger charge is 1.85. The normalized spacial score (nSPS) is 5.91. The van der Waals surface area contributed by atoms with E-state index >= 15 is 0 Å². The molecule has 0 aliphatic carbocycles. The second kappa shape index (κ2) is 156. The maximum Gasteiger partial charge on any atom is -0.0471 e. The zero-order valence-electron chi connectivity index (χ0n) is 20.5. The Labute approximate surface area is 155 Å². The first kappa shape index (κ1) is 49.5. The van der Waals surface area contributed by atoms with Crippen LogP contribution in [0.5, 0.6) is 0 Å². The van der Waals surface area contributed by atoms with Crippen molar-refractivity contribution in [2.45, 2.75) is 136 Å². The van der Waals surface area contributed by atoms with Gasteiger partial charge >= 0.3 is 0 Å². The van der Waals surface area contributed by atoms with E-state index in [9.17, 15) is 0 Å². The minimum atomic E-state index is 0.898. The molecule has 0 heteroatoms. The highest BCUT2D eigenvalue weighted by Crippen LogP contribution is 2.00. The Morgan fingerprint density at radius 2 is 0.696 bits per heavy atom. The van der Waals surface area contributed by atoms with E-state index < -0.39 is 0 Å². The third-order valence-corrected chi connectivity index (χ3v) is 1.37. The van der Waals surface area contributed by atoms with Crippen LogP contribution in [-0.2, 0) is 0 Å². The van der Waals surface area contributed by atoms with E-state index in [0.29, 0.717) is 0 Å². The lowest BCUT2D eigenvalue weighted by molar-refractivity contribution is 0.576. The monoisotopic (exact) mass is 336 g/mol. The van der Waals surface area contributed by atoms with Crippen molar-refractivity contribution in [3.8, 4) is 0 Å². The van der Waals surface area contributed by atoms with Crippen LogP contribution in [0, 0.1) is 5.92 Å². The van der Waals surface area contributed by atoms with Crippen LogP contribution in [0.25, 0.3) is 0 Å². The van der Waals surface area contributed by atoms with Crippen molar-refractivity contribution in [2.75, 3.05) is 0 Å². The Hall–Kier alpha value is -0.260. The van der Waals surface area contributed by atoms with Gasteiger partial charge in [0, 0.05) is 0 Å². The van der Waals surface area contributed by atoms with Crippen molar-refractivity contribution in [3.05, 3.63) is 13.2 Å². The average Bonchev–Trinajstić information content (AvgIpc) is 2.64. The molecule has 0 spiro atoms. The van der Waals surface area contributed by atoms with Crippen LogP contribution < -0.4 is 0 Å². The van der Waals surface area contributed by atoms with Gasteiger partial charge in [0.2, 0.25) is 0 Å². The van der Waals surface area contributed by atoms with E-state index in [1.54, 1.807) is 0 Å². The molecule has 0 fully saturated rings. The predicted molar refractivity (Wildman–Crippen MR) is 123 cm³/mol. The van der Waals surface area contributed by atoms with Crippen LogP contribution in [0.1, 0.15) is 136 Å². The fraction of sp³-hybridized carbons (Fsp3) is 0.913. The van der Waals surface area contributed by atoms with Crippen LogP contribution in [0.3, 0.4) is 0 Å². The lowest BCUT2D eigenvalue weighted by Gasteiger charge is -1.95. The largest absolute Gasteiger partial charge is 0.106 e. The summed E-state index contributed by atoms with van der Waals surface area (Å²) in [5.41, 5.74) is 0. The average molecular weight is 337 g/mol. The van der Waals surface area contributed by atoms with Gasteiger partial charge in [-0.15, -0.1) is 13.2 Å². The molecule has 0 aliphatic heterocycles. The Kier molecular flexibility index (Phi) is 336. The number of hydrogen-bond donors (Lipinski definition) is 0. The zero-order chi connectivity index (χ0) is 21.1. The molecule has 0 saturated carbocycles. The lowest BCUT2D eigenvalue weighted by atomic mass is 10.1. The molecule has 0 rings (SSSR count). The Balaban J connectivity index is -0.0000000198. The van der Waals surface area contributed by atoms with Gasteiger partial charge < -0.3 is 0 Å². The van der Waals surface area contributed by atoms with Gasteiger partial charge in [-0.1, -0.05) is 136 Å². The quantitative estimate of drug-likeness (QED) is 0.449. The number of rotatable bonds is 3. The Bertz CT molecular complexity index is 53.1. The van der Waals surface area contributed by atoms with E-state index in [1.165, 1.54) is 32.1 Å². The van der Waals surface area contributed by atoms with Crippen LogP contribution in [0.15, 0.2) is 13.2 Å². The van der Waals surface area contributed by atoms with Gasteiger partial charge in [-0.05, 0) is 5.92 Å². The summed E-state index contributed by atoms with van der Waals surface area (Å²) in [5.74, 6) is 0.898. The van der Waals surface area contributed by atoms with Gasteiger partial charge in [0.15, 0.2) is 0 Å². The standard InChI is InChI=1S/C6H14.C4H10.C3H8.4C2H6.C2H4/c1-4-5-6(2)3;1-3-4-2;1-3-2;5*1-2/h6H,4-5H2,1-3H3;3-4H2,1-2H3;3H2,1-2H3;4*1-2H3;1-2H2. The number of unbranched alkanes of at least 4 members (excludes halogenated alkanes) is 1. The first-order valence-electron chi connectivity index (χ1n) is 10.6. The van der Waals surface area contributed by atoms with Crippen molar-refractivity contribution in [1.29, 1.82) is 0 Å². The molecule has 0 saturated heterocycles. The smallest absolute Gasteiger partial charge is 0.0471 e. The predicted octanol–water partition coefficient (Wildman–Crippen LogP) is 10.6. The van der Waals surface area contributed by atoms with Crippen molar-refractivity contribution >= 4 is 0 Å². The van der Waals surface area contributed by atoms with Gasteiger partial charge in [-0.25, -0.2) is 0 Å². The summed E-state index contributed by atoms with van der Waals surface area (Å²) in [4.78, 5) is 0. The van der Waals surface area contributed by atoms with Crippen LogP contribution in [0.4, 0.5) is 0 Å². The molecule has 0 radical (unpaired) electrons. The van der Waals surface area contributed by atoms with Gasteiger partial charge in [0.1, 0.15) is 0 Å². The van der Waals surface area contributed by atoms with Crippen LogP contribution in [0.2, 0.25) is 0 Å². The molecular formula is C23H60. The molecular weight excluding hydrogens is 276 g/mol. The molecule has 0 atom stereocenters. The second-order valence-electron chi connectivity index (χ2n) is 3.89. The minimum absolute atomic E-state index is 0.898. The fourth-order valence-electron chi connectivity index (χ4n) is 0.577. The van der Waals surface area contributed by atoms with Gasteiger partial charge in [-0.2, -0.15) is 0 Å². The SMILES string of the molecule is C=C.CC.CC.CC.CC.CCC.CCCC.CCCC(C)C. The molecule has 0 N–H and O–H groups in total. The summed E-state index contributed by atoms with van der Waals surface area (Å²) in [7, 11) is 0. The summed E-state index contributed by atoms with van der Waals surface area (Å²) in [6.45, 7) is 37.3. The summed E-state index contributed by atoms with van der Waals surface area (Å²) in [6.07, 6.45) is 6.59. The molecule has 0 unspecified atom stereocenters. The zero-order valence-corrected chi connectivity index (χ0v) is 20.5. The Morgan fingerprint density at radius 3 is 0.696 bits per heavy atom. The van der Waals surface area contributed by atoms with Crippen LogP contribution in [-0.4, -0.2) is 0 Å². The maximum absolute atomic E-state index is 3.00. The van der Waals surface area contributed by atoms with E-state index in [1.807, 2.05) is 55.4 Å². The molecule has 0 aromatic carbocycles. The van der Waals surface area contributed by atoms with Gasteiger partial charge in [0.05, 0.1) is 0 Å². The minimum Gasteiger partial charge on any atom is -0.106 e. The van der Waals surface area contributed by atoms with Crippen molar-refractivity contribution in [1.82, 2.24) is 0 Å². The van der Waals surface area contributed by atoms with E-state index in [2.05, 4.69) is 61.6 Å². The Morgan fingerprint density at radius 1 is 0.522 bits per heavy atom. The van der Waals surface area contributed by atoms with E-state index in [0.717, 1.165) is 5.92 Å². The maximum atomic E-state index is 3.00. The molecule has 152 valence electrons.